The molecule has 8 heteroatoms. The standard InChI is InChI=1S/C19H17ClN6O/c20-13-4-3-11-8-15(23-14(11)9-13)19(27)26-7-1-2-12(10-26)16-17-18(25-24-16)22-6-5-21-17/h3-6,8-9,12,23H,1-2,7,10H2,(H,22,24,25)/t12-/m1/s1. The maximum absolute atomic E-state index is 13.0. The average Bonchev–Trinajstić information content (AvgIpc) is 3.31. The van der Waals surface area contributed by atoms with Crippen molar-refractivity contribution >= 4 is 39.6 Å². The highest BCUT2D eigenvalue weighted by Crippen LogP contribution is 2.30. The van der Waals surface area contributed by atoms with E-state index in [1.165, 1.54) is 0 Å². The van der Waals surface area contributed by atoms with E-state index in [-0.39, 0.29) is 11.8 Å². The van der Waals surface area contributed by atoms with Crippen molar-refractivity contribution in [3.05, 3.63) is 53.1 Å². The molecule has 0 radical (unpaired) electrons. The van der Waals surface area contributed by atoms with Crippen molar-refractivity contribution in [3.63, 3.8) is 0 Å². The van der Waals surface area contributed by atoms with Crippen LogP contribution in [-0.2, 0) is 0 Å². The summed E-state index contributed by atoms with van der Waals surface area (Å²) in [6.07, 6.45) is 5.22. The van der Waals surface area contributed by atoms with E-state index in [4.69, 9.17) is 11.6 Å². The molecule has 1 amide bonds. The molecule has 0 saturated carbocycles. The molecular weight excluding hydrogens is 364 g/mol. The van der Waals surface area contributed by atoms with Crippen molar-refractivity contribution < 1.29 is 4.79 Å². The third-order valence-electron chi connectivity index (χ3n) is 5.15. The number of benzene rings is 1. The van der Waals surface area contributed by atoms with Gasteiger partial charge in [0, 0.05) is 47.3 Å². The zero-order valence-electron chi connectivity index (χ0n) is 14.4. The Morgan fingerprint density at radius 1 is 1.22 bits per heavy atom. The molecule has 1 aromatic carbocycles. The zero-order valence-corrected chi connectivity index (χ0v) is 15.2. The lowest BCUT2D eigenvalue weighted by molar-refractivity contribution is 0.0701. The summed E-state index contributed by atoms with van der Waals surface area (Å²) in [7, 11) is 0. The van der Waals surface area contributed by atoms with E-state index in [0.29, 0.717) is 22.9 Å². The molecule has 1 saturated heterocycles. The number of carbonyl (C=O) groups excluding carboxylic acids is 1. The Morgan fingerprint density at radius 3 is 3.04 bits per heavy atom. The predicted octanol–water partition coefficient (Wildman–Crippen LogP) is 3.51. The molecule has 1 fully saturated rings. The number of fused-ring (bicyclic) bond motifs is 2. The number of carbonyl (C=O) groups is 1. The number of rotatable bonds is 2. The van der Waals surface area contributed by atoms with Crippen LogP contribution in [0.2, 0.25) is 5.02 Å². The van der Waals surface area contributed by atoms with Crippen LogP contribution >= 0.6 is 11.6 Å². The highest BCUT2D eigenvalue weighted by atomic mass is 35.5. The molecule has 7 nitrogen and oxygen atoms in total. The summed E-state index contributed by atoms with van der Waals surface area (Å²) >= 11 is 6.04. The van der Waals surface area contributed by atoms with Crippen LogP contribution in [0.1, 0.15) is 34.9 Å². The Labute approximate surface area is 159 Å². The summed E-state index contributed by atoms with van der Waals surface area (Å²) in [4.78, 5) is 26.8. The van der Waals surface area contributed by atoms with Gasteiger partial charge in [-0.3, -0.25) is 9.89 Å². The minimum Gasteiger partial charge on any atom is -0.350 e. The smallest absolute Gasteiger partial charge is 0.270 e. The molecule has 3 aromatic heterocycles. The second-order valence-corrected chi connectivity index (χ2v) is 7.31. The second kappa shape index (κ2) is 6.35. The molecule has 4 aromatic rings. The van der Waals surface area contributed by atoms with Gasteiger partial charge in [0.15, 0.2) is 5.65 Å². The lowest BCUT2D eigenvalue weighted by atomic mass is 9.94. The van der Waals surface area contributed by atoms with Crippen LogP contribution in [-0.4, -0.2) is 49.0 Å². The monoisotopic (exact) mass is 380 g/mol. The molecule has 5 rings (SSSR count). The average molecular weight is 381 g/mol. The van der Waals surface area contributed by atoms with Gasteiger partial charge >= 0.3 is 0 Å². The fourth-order valence-electron chi connectivity index (χ4n) is 3.84. The highest BCUT2D eigenvalue weighted by molar-refractivity contribution is 6.31. The van der Waals surface area contributed by atoms with Gasteiger partial charge < -0.3 is 9.88 Å². The van der Waals surface area contributed by atoms with E-state index < -0.39 is 0 Å². The van der Waals surface area contributed by atoms with E-state index in [0.717, 1.165) is 41.5 Å². The third kappa shape index (κ3) is 2.84. The number of aromatic amines is 2. The molecule has 2 N–H and O–H groups in total. The summed E-state index contributed by atoms with van der Waals surface area (Å²) < 4.78 is 0. The number of nitrogens with one attached hydrogen (secondary N) is 2. The lowest BCUT2D eigenvalue weighted by Gasteiger charge is -2.32. The number of hydrogen-bond acceptors (Lipinski definition) is 4. The van der Waals surface area contributed by atoms with Crippen molar-refractivity contribution in [2.75, 3.05) is 13.1 Å². The number of hydrogen-bond donors (Lipinski definition) is 2. The molecule has 4 heterocycles. The Kier molecular flexibility index (Phi) is 3.82. The maximum atomic E-state index is 13.0. The minimum absolute atomic E-state index is 0.00178. The highest BCUT2D eigenvalue weighted by Gasteiger charge is 2.29. The number of H-pyrrole nitrogens is 2. The van der Waals surface area contributed by atoms with Gasteiger partial charge in [-0.05, 0) is 31.0 Å². The molecule has 0 bridgehead atoms. The molecule has 136 valence electrons. The quantitative estimate of drug-likeness (QED) is 0.556. The van der Waals surface area contributed by atoms with E-state index in [9.17, 15) is 4.79 Å². The molecule has 0 unspecified atom stereocenters. The first-order valence-electron chi connectivity index (χ1n) is 8.91. The normalized spacial score (nSPS) is 17.7. The predicted molar refractivity (Wildman–Crippen MR) is 103 cm³/mol. The van der Waals surface area contributed by atoms with Crippen molar-refractivity contribution in [2.24, 2.45) is 0 Å². The van der Waals surface area contributed by atoms with Gasteiger partial charge in [-0.1, -0.05) is 17.7 Å². The summed E-state index contributed by atoms with van der Waals surface area (Å²) in [5.41, 5.74) is 3.82. The summed E-state index contributed by atoms with van der Waals surface area (Å²) in [6.45, 7) is 1.37. The molecule has 1 aliphatic rings. The van der Waals surface area contributed by atoms with Crippen LogP contribution < -0.4 is 0 Å². The van der Waals surface area contributed by atoms with Crippen molar-refractivity contribution in [1.82, 2.24) is 30.0 Å². The first-order chi connectivity index (χ1) is 13.2. The Morgan fingerprint density at radius 2 is 2.11 bits per heavy atom. The van der Waals surface area contributed by atoms with Crippen molar-refractivity contribution in [1.29, 1.82) is 0 Å². The van der Waals surface area contributed by atoms with Crippen LogP contribution in [0.5, 0.6) is 0 Å². The van der Waals surface area contributed by atoms with Crippen LogP contribution in [0.25, 0.3) is 22.1 Å². The molecule has 1 aliphatic heterocycles. The van der Waals surface area contributed by atoms with Gasteiger partial charge in [0.2, 0.25) is 0 Å². The third-order valence-corrected chi connectivity index (χ3v) is 5.38. The van der Waals surface area contributed by atoms with Gasteiger partial charge in [0.1, 0.15) is 11.2 Å². The number of nitrogens with zero attached hydrogens (tertiary/aromatic N) is 4. The topological polar surface area (TPSA) is 90.6 Å². The molecule has 0 spiro atoms. The summed E-state index contributed by atoms with van der Waals surface area (Å²) in [5, 5.41) is 8.94. The fraction of sp³-hybridized carbons (Fsp3) is 0.263. The number of piperidine rings is 1. The Hall–Kier alpha value is -2.93. The van der Waals surface area contributed by atoms with Crippen molar-refractivity contribution in [2.45, 2.75) is 18.8 Å². The molecule has 0 aliphatic carbocycles. The van der Waals surface area contributed by atoms with Gasteiger partial charge in [-0.25, -0.2) is 9.97 Å². The minimum atomic E-state index is 0.00178. The number of aromatic nitrogens is 5. The van der Waals surface area contributed by atoms with Crippen molar-refractivity contribution in [3.8, 4) is 0 Å². The molecule has 1 atom stereocenters. The SMILES string of the molecule is O=C(c1cc2ccc(Cl)cc2[nH]1)N1CCC[C@@H](c2[nH]nc3nccnc23)C1. The van der Waals surface area contributed by atoms with Crippen LogP contribution in [0.4, 0.5) is 0 Å². The number of likely N-dealkylation sites (tertiary alicyclic amines) is 1. The molecule has 27 heavy (non-hydrogen) atoms. The Bertz CT molecular complexity index is 1150. The van der Waals surface area contributed by atoms with E-state index >= 15 is 0 Å². The zero-order chi connectivity index (χ0) is 18.4. The first kappa shape index (κ1) is 16.3. The van der Waals surface area contributed by atoms with E-state index in [1.54, 1.807) is 12.4 Å². The maximum Gasteiger partial charge on any atom is 0.270 e. The van der Waals surface area contributed by atoms with Gasteiger partial charge in [-0.15, -0.1) is 0 Å². The number of amides is 1. The van der Waals surface area contributed by atoms with Gasteiger partial charge in [0.25, 0.3) is 5.91 Å². The fourth-order valence-corrected chi connectivity index (χ4v) is 4.01. The van der Waals surface area contributed by atoms with Crippen LogP contribution in [0.15, 0.2) is 36.7 Å². The van der Waals surface area contributed by atoms with E-state index in [1.807, 2.05) is 29.2 Å². The summed E-state index contributed by atoms with van der Waals surface area (Å²) in [6, 6.07) is 7.46. The van der Waals surface area contributed by atoms with Crippen LogP contribution in [0, 0.1) is 0 Å². The largest absolute Gasteiger partial charge is 0.350 e. The second-order valence-electron chi connectivity index (χ2n) is 6.87. The first-order valence-corrected chi connectivity index (χ1v) is 9.29. The van der Waals surface area contributed by atoms with Gasteiger partial charge in [-0.2, -0.15) is 5.10 Å². The molecular formula is C19H17ClN6O. The summed E-state index contributed by atoms with van der Waals surface area (Å²) in [5.74, 6) is 0.171. The lowest BCUT2D eigenvalue weighted by Crippen LogP contribution is -2.39. The Balaban J connectivity index is 1.42. The van der Waals surface area contributed by atoms with Crippen LogP contribution in [0.3, 0.4) is 0 Å². The van der Waals surface area contributed by atoms with E-state index in [2.05, 4.69) is 25.1 Å². The van der Waals surface area contributed by atoms with Gasteiger partial charge in [0.05, 0.1) is 5.69 Å². The number of halogens is 1.